The van der Waals surface area contributed by atoms with E-state index >= 15 is 0 Å². The molecule has 16 heavy (non-hydrogen) atoms. The molecular formula is C13H26ClNO. The van der Waals surface area contributed by atoms with Gasteiger partial charge in [-0.05, 0) is 33.1 Å². The normalized spacial score (nSPS) is 13.9. The van der Waals surface area contributed by atoms with Crippen molar-refractivity contribution in [1.29, 1.82) is 0 Å². The van der Waals surface area contributed by atoms with Gasteiger partial charge in [-0.1, -0.05) is 26.7 Å². The molecule has 0 fully saturated rings. The van der Waals surface area contributed by atoms with Gasteiger partial charge in [-0.3, -0.25) is 4.79 Å². The molecule has 0 aliphatic heterocycles. The second-order valence-corrected chi connectivity index (χ2v) is 5.98. The van der Waals surface area contributed by atoms with Crippen molar-refractivity contribution in [2.24, 2.45) is 11.3 Å². The van der Waals surface area contributed by atoms with E-state index in [2.05, 4.69) is 26.1 Å². The summed E-state index contributed by atoms with van der Waals surface area (Å²) in [6, 6.07) is 0.244. The van der Waals surface area contributed by atoms with Crippen LogP contribution in [0.1, 0.15) is 53.9 Å². The number of carbonyl (C=O) groups excluding carboxylic acids is 1. The predicted molar refractivity (Wildman–Crippen MR) is 70.8 cm³/mol. The van der Waals surface area contributed by atoms with E-state index in [1.807, 2.05) is 13.8 Å². The SMILES string of the molecule is CC(C)CCCC(C)NC(=O)C(C)(C)CCl. The fourth-order valence-corrected chi connectivity index (χ4v) is 1.51. The molecule has 96 valence electrons. The molecule has 0 aliphatic rings. The summed E-state index contributed by atoms with van der Waals surface area (Å²) in [6.45, 7) is 10.2. The van der Waals surface area contributed by atoms with Crippen LogP contribution in [0.25, 0.3) is 0 Å². The lowest BCUT2D eigenvalue weighted by molar-refractivity contribution is -0.129. The van der Waals surface area contributed by atoms with Crippen LogP contribution >= 0.6 is 11.6 Å². The minimum absolute atomic E-state index is 0.0551. The smallest absolute Gasteiger partial charge is 0.227 e. The van der Waals surface area contributed by atoms with Crippen LogP contribution in [0, 0.1) is 11.3 Å². The molecule has 0 saturated heterocycles. The highest BCUT2D eigenvalue weighted by molar-refractivity contribution is 6.19. The van der Waals surface area contributed by atoms with E-state index in [1.165, 1.54) is 12.8 Å². The number of hydrogen-bond acceptors (Lipinski definition) is 1. The predicted octanol–water partition coefficient (Wildman–Crippen LogP) is 3.58. The largest absolute Gasteiger partial charge is 0.353 e. The molecule has 0 aromatic carbocycles. The van der Waals surface area contributed by atoms with Crippen LogP contribution < -0.4 is 5.32 Å². The maximum Gasteiger partial charge on any atom is 0.227 e. The monoisotopic (exact) mass is 247 g/mol. The molecule has 1 unspecified atom stereocenters. The summed E-state index contributed by atoms with van der Waals surface area (Å²) in [6.07, 6.45) is 3.43. The first-order valence-corrected chi connectivity index (χ1v) is 6.70. The van der Waals surface area contributed by atoms with Gasteiger partial charge in [-0.2, -0.15) is 0 Å². The Morgan fingerprint density at radius 2 is 1.81 bits per heavy atom. The number of nitrogens with one attached hydrogen (secondary N) is 1. The average molecular weight is 248 g/mol. The van der Waals surface area contributed by atoms with Crippen molar-refractivity contribution in [3.8, 4) is 0 Å². The van der Waals surface area contributed by atoms with E-state index in [-0.39, 0.29) is 11.9 Å². The lowest BCUT2D eigenvalue weighted by atomic mass is 9.94. The Kier molecular flexibility index (Phi) is 7.05. The molecule has 3 heteroatoms. The third-order valence-electron chi connectivity index (χ3n) is 2.74. The van der Waals surface area contributed by atoms with Crippen LogP contribution in [0.2, 0.25) is 0 Å². The Hall–Kier alpha value is -0.240. The Labute approximate surface area is 105 Å². The summed E-state index contributed by atoms with van der Waals surface area (Å²) in [4.78, 5) is 11.8. The number of carbonyl (C=O) groups is 1. The molecule has 2 nitrogen and oxygen atoms in total. The molecule has 0 saturated carbocycles. The van der Waals surface area contributed by atoms with Crippen LogP contribution in [0.3, 0.4) is 0 Å². The van der Waals surface area contributed by atoms with Crippen molar-refractivity contribution in [1.82, 2.24) is 5.32 Å². The van der Waals surface area contributed by atoms with Gasteiger partial charge in [0.05, 0.1) is 5.41 Å². The minimum Gasteiger partial charge on any atom is -0.353 e. The second-order valence-electron chi connectivity index (χ2n) is 5.72. The van der Waals surface area contributed by atoms with Crippen LogP contribution in [-0.2, 0) is 4.79 Å². The molecule has 0 aromatic rings. The van der Waals surface area contributed by atoms with E-state index in [9.17, 15) is 4.79 Å². The summed E-state index contributed by atoms with van der Waals surface area (Å²) in [7, 11) is 0. The number of amides is 1. The van der Waals surface area contributed by atoms with Crippen molar-refractivity contribution >= 4 is 17.5 Å². The fourth-order valence-electron chi connectivity index (χ4n) is 1.38. The van der Waals surface area contributed by atoms with Gasteiger partial charge >= 0.3 is 0 Å². The van der Waals surface area contributed by atoms with Crippen LogP contribution in [0.4, 0.5) is 0 Å². The highest BCUT2D eigenvalue weighted by Gasteiger charge is 2.27. The zero-order valence-electron chi connectivity index (χ0n) is 11.3. The Balaban J connectivity index is 3.87. The Bertz CT molecular complexity index is 214. The van der Waals surface area contributed by atoms with Gasteiger partial charge in [0.25, 0.3) is 0 Å². The molecule has 0 radical (unpaired) electrons. The van der Waals surface area contributed by atoms with Crippen LogP contribution in [0.15, 0.2) is 0 Å². The zero-order valence-corrected chi connectivity index (χ0v) is 12.0. The highest BCUT2D eigenvalue weighted by Crippen LogP contribution is 2.17. The number of rotatable bonds is 7. The number of hydrogen-bond donors (Lipinski definition) is 1. The molecule has 0 heterocycles. The van der Waals surface area contributed by atoms with Crippen molar-refractivity contribution < 1.29 is 4.79 Å². The maximum atomic E-state index is 11.8. The van der Waals surface area contributed by atoms with Crippen molar-refractivity contribution in [2.75, 3.05) is 5.88 Å². The fraction of sp³-hybridized carbons (Fsp3) is 0.923. The summed E-state index contributed by atoms with van der Waals surface area (Å²) in [5.74, 6) is 1.15. The van der Waals surface area contributed by atoms with Crippen LogP contribution in [-0.4, -0.2) is 17.8 Å². The highest BCUT2D eigenvalue weighted by atomic mass is 35.5. The Morgan fingerprint density at radius 1 is 1.25 bits per heavy atom. The van der Waals surface area contributed by atoms with E-state index < -0.39 is 5.41 Å². The number of halogens is 1. The van der Waals surface area contributed by atoms with Crippen LogP contribution in [0.5, 0.6) is 0 Å². The standard InChI is InChI=1S/C13H26ClNO/c1-10(2)7-6-8-11(3)15-12(16)13(4,5)9-14/h10-11H,6-9H2,1-5H3,(H,15,16). The molecule has 1 amide bonds. The van der Waals surface area contributed by atoms with Gasteiger partial charge in [0.2, 0.25) is 5.91 Å². The maximum absolute atomic E-state index is 11.8. The van der Waals surface area contributed by atoms with E-state index in [4.69, 9.17) is 11.6 Å². The molecule has 0 aliphatic carbocycles. The van der Waals surface area contributed by atoms with Gasteiger partial charge in [0.1, 0.15) is 0 Å². The third-order valence-corrected chi connectivity index (χ3v) is 3.41. The van der Waals surface area contributed by atoms with Gasteiger partial charge < -0.3 is 5.32 Å². The quantitative estimate of drug-likeness (QED) is 0.685. The molecule has 0 spiro atoms. The number of alkyl halides is 1. The zero-order chi connectivity index (χ0) is 12.8. The molecular weight excluding hydrogens is 222 g/mol. The van der Waals surface area contributed by atoms with Gasteiger partial charge in [0, 0.05) is 11.9 Å². The lowest BCUT2D eigenvalue weighted by Crippen LogP contribution is -2.42. The Morgan fingerprint density at radius 3 is 2.25 bits per heavy atom. The van der Waals surface area contributed by atoms with Gasteiger partial charge in [-0.25, -0.2) is 0 Å². The lowest BCUT2D eigenvalue weighted by Gasteiger charge is -2.23. The molecule has 1 N–H and O–H groups in total. The van der Waals surface area contributed by atoms with Crippen molar-refractivity contribution in [3.63, 3.8) is 0 Å². The molecule has 0 aromatic heterocycles. The summed E-state index contributed by atoms with van der Waals surface area (Å²) < 4.78 is 0. The first kappa shape index (κ1) is 15.8. The first-order chi connectivity index (χ1) is 7.29. The molecule has 1 atom stereocenters. The topological polar surface area (TPSA) is 29.1 Å². The van der Waals surface area contributed by atoms with E-state index in [1.54, 1.807) is 0 Å². The first-order valence-electron chi connectivity index (χ1n) is 6.16. The average Bonchev–Trinajstić information content (AvgIpc) is 2.16. The molecule has 0 bridgehead atoms. The van der Waals surface area contributed by atoms with Gasteiger partial charge in [0.15, 0.2) is 0 Å². The minimum atomic E-state index is -0.464. The van der Waals surface area contributed by atoms with Crippen molar-refractivity contribution in [2.45, 2.75) is 59.9 Å². The van der Waals surface area contributed by atoms with E-state index in [0.29, 0.717) is 5.88 Å². The summed E-state index contributed by atoms with van der Waals surface area (Å²) in [5, 5.41) is 3.02. The third kappa shape index (κ3) is 6.37. The summed E-state index contributed by atoms with van der Waals surface area (Å²) in [5.41, 5.74) is -0.464. The van der Waals surface area contributed by atoms with Gasteiger partial charge in [-0.15, -0.1) is 11.6 Å². The molecule has 0 rings (SSSR count). The van der Waals surface area contributed by atoms with E-state index in [0.717, 1.165) is 12.3 Å². The second kappa shape index (κ2) is 7.16. The van der Waals surface area contributed by atoms with Crippen molar-refractivity contribution in [3.05, 3.63) is 0 Å². The summed E-state index contributed by atoms with van der Waals surface area (Å²) >= 11 is 5.76.